The average molecular weight is 394 g/mol. The van der Waals surface area contributed by atoms with Gasteiger partial charge in [0.25, 0.3) is 0 Å². The maximum Gasteiger partial charge on any atom is 0.312 e. The molecule has 0 radical (unpaired) electrons. The summed E-state index contributed by atoms with van der Waals surface area (Å²) in [5, 5.41) is 7.31. The van der Waals surface area contributed by atoms with Crippen LogP contribution in [0.15, 0.2) is 17.5 Å². The molecular formula is C18H26N4O4S. The molecule has 9 heteroatoms. The fourth-order valence-electron chi connectivity index (χ4n) is 2.89. The first kappa shape index (κ1) is 20.9. The Kier molecular flexibility index (Phi) is 7.35. The maximum atomic E-state index is 12.6. The fourth-order valence-corrected chi connectivity index (χ4v) is 3.67. The molecule has 2 rings (SSSR count). The lowest BCUT2D eigenvalue weighted by atomic mass is 10.1. The Morgan fingerprint density at radius 3 is 2.22 bits per heavy atom. The number of rotatable bonds is 5. The minimum atomic E-state index is -0.617. The van der Waals surface area contributed by atoms with E-state index in [2.05, 4.69) is 10.6 Å². The molecule has 1 aliphatic heterocycles. The van der Waals surface area contributed by atoms with E-state index in [0.29, 0.717) is 26.2 Å². The van der Waals surface area contributed by atoms with E-state index in [4.69, 9.17) is 0 Å². The highest BCUT2D eigenvalue weighted by atomic mass is 32.1. The highest BCUT2D eigenvalue weighted by Crippen LogP contribution is 2.23. The molecule has 0 aromatic carbocycles. The molecule has 1 aliphatic rings. The molecule has 8 nitrogen and oxygen atoms in total. The number of hydrogen-bond donors (Lipinski definition) is 2. The lowest BCUT2D eigenvalue weighted by Gasteiger charge is -2.35. The zero-order valence-corrected chi connectivity index (χ0v) is 16.7. The molecule has 4 amide bonds. The second-order valence-corrected chi connectivity index (χ2v) is 7.75. The van der Waals surface area contributed by atoms with Crippen LogP contribution in [0.25, 0.3) is 0 Å². The summed E-state index contributed by atoms with van der Waals surface area (Å²) in [4.78, 5) is 52.1. The minimum absolute atomic E-state index is 0.0825. The average Bonchev–Trinajstić information content (AvgIpc) is 3.14. The zero-order chi connectivity index (χ0) is 20.0. The molecule has 27 heavy (non-hydrogen) atoms. The quantitative estimate of drug-likeness (QED) is 0.711. The van der Waals surface area contributed by atoms with Gasteiger partial charge in [0.2, 0.25) is 11.8 Å². The number of amides is 4. The largest absolute Gasteiger partial charge is 0.348 e. The zero-order valence-electron chi connectivity index (χ0n) is 15.9. The van der Waals surface area contributed by atoms with Crippen molar-refractivity contribution in [1.29, 1.82) is 0 Å². The van der Waals surface area contributed by atoms with E-state index in [9.17, 15) is 19.2 Å². The summed E-state index contributed by atoms with van der Waals surface area (Å²) >= 11 is 1.49. The third kappa shape index (κ3) is 6.06. The number of nitrogens with one attached hydrogen (secondary N) is 2. The van der Waals surface area contributed by atoms with Crippen LogP contribution in [0.4, 0.5) is 0 Å². The number of carbonyl (C=O) groups is 4. The van der Waals surface area contributed by atoms with Crippen LogP contribution in [0.3, 0.4) is 0 Å². The van der Waals surface area contributed by atoms with Crippen molar-refractivity contribution in [3.05, 3.63) is 22.4 Å². The molecule has 0 spiro atoms. The third-order valence-corrected chi connectivity index (χ3v) is 5.16. The van der Waals surface area contributed by atoms with E-state index < -0.39 is 11.8 Å². The first-order valence-corrected chi connectivity index (χ1v) is 9.84. The number of hydrogen-bond acceptors (Lipinski definition) is 5. The molecule has 1 fully saturated rings. The topological polar surface area (TPSA) is 98.8 Å². The van der Waals surface area contributed by atoms with E-state index in [0.717, 1.165) is 4.88 Å². The first-order chi connectivity index (χ1) is 12.8. The van der Waals surface area contributed by atoms with Gasteiger partial charge in [-0.2, -0.15) is 0 Å². The minimum Gasteiger partial charge on any atom is -0.348 e. The van der Waals surface area contributed by atoms with Gasteiger partial charge in [0.05, 0.1) is 12.5 Å². The van der Waals surface area contributed by atoms with Gasteiger partial charge in [0.15, 0.2) is 0 Å². The van der Waals surface area contributed by atoms with Crippen LogP contribution in [0.2, 0.25) is 0 Å². The Morgan fingerprint density at radius 2 is 1.70 bits per heavy atom. The lowest BCUT2D eigenvalue weighted by molar-refractivity contribution is -0.148. The van der Waals surface area contributed by atoms with Crippen LogP contribution in [-0.2, 0) is 19.2 Å². The van der Waals surface area contributed by atoms with E-state index >= 15 is 0 Å². The Bertz CT molecular complexity index is 682. The highest BCUT2D eigenvalue weighted by Gasteiger charge is 2.29. The summed E-state index contributed by atoms with van der Waals surface area (Å²) < 4.78 is 0. The fraction of sp³-hybridized carbons (Fsp3) is 0.556. The van der Waals surface area contributed by atoms with Crippen LogP contribution >= 0.6 is 11.3 Å². The van der Waals surface area contributed by atoms with Crippen LogP contribution in [0.5, 0.6) is 0 Å². The lowest BCUT2D eigenvalue weighted by Crippen LogP contribution is -2.54. The van der Waals surface area contributed by atoms with Crippen molar-refractivity contribution in [3.8, 4) is 0 Å². The second-order valence-electron chi connectivity index (χ2n) is 6.77. The van der Waals surface area contributed by atoms with Crippen LogP contribution in [0, 0.1) is 0 Å². The molecule has 2 N–H and O–H groups in total. The molecule has 1 aromatic heterocycles. The van der Waals surface area contributed by atoms with Crippen molar-refractivity contribution >= 4 is 35.0 Å². The van der Waals surface area contributed by atoms with Crippen molar-refractivity contribution in [2.75, 3.05) is 26.2 Å². The third-order valence-electron chi connectivity index (χ3n) is 4.18. The molecule has 1 atom stereocenters. The monoisotopic (exact) mass is 394 g/mol. The van der Waals surface area contributed by atoms with Gasteiger partial charge in [0, 0.05) is 44.0 Å². The molecular weight excluding hydrogens is 368 g/mol. The SMILES string of the molecule is CC(=O)NC(CC(=O)N1CCN(C(=O)C(=O)NC(C)C)CC1)c1cccs1. The van der Waals surface area contributed by atoms with Gasteiger partial charge in [-0.15, -0.1) is 11.3 Å². The van der Waals surface area contributed by atoms with Crippen molar-refractivity contribution in [3.63, 3.8) is 0 Å². The van der Waals surface area contributed by atoms with Gasteiger partial charge in [-0.25, -0.2) is 0 Å². The smallest absolute Gasteiger partial charge is 0.312 e. The van der Waals surface area contributed by atoms with Crippen molar-refractivity contribution < 1.29 is 19.2 Å². The molecule has 1 saturated heterocycles. The van der Waals surface area contributed by atoms with Crippen LogP contribution in [-0.4, -0.2) is 65.6 Å². The van der Waals surface area contributed by atoms with E-state index in [-0.39, 0.29) is 30.3 Å². The van der Waals surface area contributed by atoms with Crippen molar-refractivity contribution in [2.24, 2.45) is 0 Å². The van der Waals surface area contributed by atoms with Gasteiger partial charge < -0.3 is 20.4 Å². The van der Waals surface area contributed by atoms with Gasteiger partial charge in [0.1, 0.15) is 0 Å². The maximum absolute atomic E-state index is 12.6. The number of thiophene rings is 1. The number of carbonyl (C=O) groups excluding carboxylic acids is 4. The molecule has 1 unspecified atom stereocenters. The number of nitrogens with zero attached hydrogens (tertiary/aromatic N) is 2. The van der Waals surface area contributed by atoms with Crippen LogP contribution in [0.1, 0.15) is 38.1 Å². The molecule has 2 heterocycles. The Balaban J connectivity index is 1.89. The Hall–Kier alpha value is -2.42. The van der Waals surface area contributed by atoms with Crippen molar-refractivity contribution in [1.82, 2.24) is 20.4 Å². The predicted molar refractivity (Wildman–Crippen MR) is 102 cm³/mol. The van der Waals surface area contributed by atoms with Gasteiger partial charge in [-0.3, -0.25) is 19.2 Å². The summed E-state index contributed by atoms with van der Waals surface area (Å²) in [5.74, 6) is -1.45. The van der Waals surface area contributed by atoms with Crippen LogP contribution < -0.4 is 10.6 Å². The van der Waals surface area contributed by atoms with E-state index in [1.807, 2.05) is 17.5 Å². The van der Waals surface area contributed by atoms with E-state index in [1.165, 1.54) is 23.2 Å². The van der Waals surface area contributed by atoms with Gasteiger partial charge >= 0.3 is 11.8 Å². The number of piperazine rings is 1. The highest BCUT2D eigenvalue weighted by molar-refractivity contribution is 7.10. The molecule has 0 saturated carbocycles. The Morgan fingerprint density at radius 1 is 1.07 bits per heavy atom. The molecule has 148 valence electrons. The van der Waals surface area contributed by atoms with Gasteiger partial charge in [-0.05, 0) is 25.3 Å². The first-order valence-electron chi connectivity index (χ1n) is 8.96. The Labute approximate surface area is 162 Å². The summed E-state index contributed by atoms with van der Waals surface area (Å²) in [5.41, 5.74) is 0. The summed E-state index contributed by atoms with van der Waals surface area (Å²) in [7, 11) is 0. The molecule has 0 bridgehead atoms. The summed E-state index contributed by atoms with van der Waals surface area (Å²) in [6.07, 6.45) is 0.169. The van der Waals surface area contributed by atoms with E-state index in [1.54, 1.807) is 18.7 Å². The second kappa shape index (κ2) is 9.50. The molecule has 0 aliphatic carbocycles. The van der Waals surface area contributed by atoms with Crippen molar-refractivity contribution in [2.45, 2.75) is 39.3 Å². The standard InChI is InChI=1S/C18H26N4O4S/c1-12(2)19-17(25)18(26)22-8-6-21(7-9-22)16(24)11-14(20-13(3)23)15-5-4-10-27-15/h4-5,10,12,14H,6-9,11H2,1-3H3,(H,19,25)(H,20,23). The summed E-state index contributed by atoms with van der Waals surface area (Å²) in [6.45, 7) is 6.40. The predicted octanol–water partition coefficient (Wildman–Crippen LogP) is 0.511. The van der Waals surface area contributed by atoms with Gasteiger partial charge in [-0.1, -0.05) is 6.07 Å². The normalized spacial score (nSPS) is 15.4. The summed E-state index contributed by atoms with van der Waals surface area (Å²) in [6, 6.07) is 3.31. The molecule has 1 aromatic rings.